The van der Waals surface area contributed by atoms with Crippen LogP contribution >= 0.6 is 11.6 Å². The van der Waals surface area contributed by atoms with Crippen molar-refractivity contribution in [1.29, 1.82) is 0 Å². The van der Waals surface area contributed by atoms with Gasteiger partial charge in [0, 0.05) is 25.6 Å². The van der Waals surface area contributed by atoms with Crippen LogP contribution in [0.1, 0.15) is 23.2 Å². The molecule has 1 heterocycles. The van der Waals surface area contributed by atoms with E-state index in [0.717, 1.165) is 16.8 Å². The summed E-state index contributed by atoms with van der Waals surface area (Å²) in [5.74, 6) is -0.756. The van der Waals surface area contributed by atoms with Gasteiger partial charge < -0.3 is 5.32 Å². The summed E-state index contributed by atoms with van der Waals surface area (Å²) < 4.78 is 14.5. The van der Waals surface area contributed by atoms with E-state index in [1.165, 1.54) is 16.8 Å². The molecule has 0 saturated carbocycles. The van der Waals surface area contributed by atoms with Crippen LogP contribution in [0, 0.1) is 11.7 Å². The van der Waals surface area contributed by atoms with Crippen molar-refractivity contribution in [3.8, 4) is 0 Å². The molecule has 1 amide bonds. The standard InChI is InChI=1S/C17H17ClFN3O2/c1-22-16(23)8-12-7-11(3-5-15(12)21-22)17(24)20-9-10-2-4-14(19)13(18)6-10/h2,4,6,8,11H,3,5,7,9H2,1H3,(H,20,24). The molecule has 1 unspecified atom stereocenters. The molecular weight excluding hydrogens is 333 g/mol. The van der Waals surface area contributed by atoms with Crippen molar-refractivity contribution >= 4 is 17.5 Å². The smallest absolute Gasteiger partial charge is 0.266 e. The average Bonchev–Trinajstić information content (AvgIpc) is 2.56. The second kappa shape index (κ2) is 6.73. The Balaban J connectivity index is 1.64. The van der Waals surface area contributed by atoms with Gasteiger partial charge in [-0.3, -0.25) is 9.59 Å². The summed E-state index contributed by atoms with van der Waals surface area (Å²) in [6.07, 6.45) is 1.87. The molecule has 0 radical (unpaired) electrons. The quantitative estimate of drug-likeness (QED) is 0.921. The Morgan fingerprint density at radius 2 is 2.25 bits per heavy atom. The first-order valence-electron chi connectivity index (χ1n) is 7.72. The number of fused-ring (bicyclic) bond motifs is 1. The van der Waals surface area contributed by atoms with Gasteiger partial charge in [0.1, 0.15) is 5.82 Å². The van der Waals surface area contributed by atoms with E-state index in [2.05, 4.69) is 10.4 Å². The lowest BCUT2D eigenvalue weighted by atomic mass is 9.86. The van der Waals surface area contributed by atoms with Crippen LogP contribution in [0.3, 0.4) is 0 Å². The number of aromatic nitrogens is 2. The molecule has 0 spiro atoms. The van der Waals surface area contributed by atoms with Crippen LogP contribution in [0.2, 0.25) is 5.02 Å². The Morgan fingerprint density at radius 3 is 3.00 bits per heavy atom. The van der Waals surface area contributed by atoms with Crippen molar-refractivity contribution in [1.82, 2.24) is 15.1 Å². The minimum absolute atomic E-state index is 0.0373. The maximum Gasteiger partial charge on any atom is 0.266 e. The van der Waals surface area contributed by atoms with Gasteiger partial charge in [-0.1, -0.05) is 17.7 Å². The number of rotatable bonds is 3. The number of carbonyl (C=O) groups excluding carboxylic acids is 1. The summed E-state index contributed by atoms with van der Waals surface area (Å²) in [6, 6.07) is 5.93. The summed E-state index contributed by atoms with van der Waals surface area (Å²) in [4.78, 5) is 24.1. The number of aryl methyl sites for hydroxylation is 2. The minimum Gasteiger partial charge on any atom is -0.352 e. The van der Waals surface area contributed by atoms with E-state index >= 15 is 0 Å². The molecular formula is C17H17ClFN3O2. The zero-order valence-corrected chi connectivity index (χ0v) is 13.9. The first-order valence-corrected chi connectivity index (χ1v) is 8.09. The topological polar surface area (TPSA) is 64.0 Å². The van der Waals surface area contributed by atoms with Crippen LogP contribution in [0.25, 0.3) is 0 Å². The number of amides is 1. The second-order valence-electron chi connectivity index (χ2n) is 5.98. The molecule has 24 heavy (non-hydrogen) atoms. The van der Waals surface area contributed by atoms with Crippen molar-refractivity contribution in [2.75, 3.05) is 0 Å². The van der Waals surface area contributed by atoms with Gasteiger partial charge >= 0.3 is 0 Å². The highest BCUT2D eigenvalue weighted by molar-refractivity contribution is 6.30. The van der Waals surface area contributed by atoms with Crippen LogP contribution in [-0.4, -0.2) is 15.7 Å². The number of carbonyl (C=O) groups is 1. The van der Waals surface area contributed by atoms with Crippen LogP contribution < -0.4 is 10.9 Å². The number of nitrogens with one attached hydrogen (secondary N) is 1. The van der Waals surface area contributed by atoms with Crippen molar-refractivity contribution in [2.24, 2.45) is 13.0 Å². The third-order valence-electron chi connectivity index (χ3n) is 4.28. The minimum atomic E-state index is -0.482. The van der Waals surface area contributed by atoms with Crippen LogP contribution in [0.4, 0.5) is 4.39 Å². The summed E-state index contributed by atoms with van der Waals surface area (Å²) in [7, 11) is 1.62. The largest absolute Gasteiger partial charge is 0.352 e. The normalized spacial score (nSPS) is 16.5. The third kappa shape index (κ3) is 3.48. The monoisotopic (exact) mass is 349 g/mol. The van der Waals surface area contributed by atoms with E-state index in [1.54, 1.807) is 19.2 Å². The van der Waals surface area contributed by atoms with Crippen molar-refractivity contribution in [2.45, 2.75) is 25.8 Å². The molecule has 0 bridgehead atoms. The summed E-state index contributed by atoms with van der Waals surface area (Å²) >= 11 is 5.74. The van der Waals surface area contributed by atoms with E-state index in [-0.39, 0.29) is 29.0 Å². The molecule has 7 heteroatoms. The Bertz CT molecular complexity index is 850. The third-order valence-corrected chi connectivity index (χ3v) is 4.57. The van der Waals surface area contributed by atoms with Crippen LogP contribution in [-0.2, 0) is 31.2 Å². The Morgan fingerprint density at radius 1 is 1.46 bits per heavy atom. The number of halogens is 2. The van der Waals surface area contributed by atoms with Crippen LogP contribution in [0.5, 0.6) is 0 Å². The highest BCUT2D eigenvalue weighted by Crippen LogP contribution is 2.23. The fraction of sp³-hybridized carbons (Fsp3) is 0.353. The molecule has 1 N–H and O–H groups in total. The molecule has 2 aromatic rings. The molecule has 1 aliphatic carbocycles. The molecule has 5 nitrogen and oxygen atoms in total. The molecule has 0 saturated heterocycles. The fourth-order valence-corrected chi connectivity index (χ4v) is 3.10. The molecule has 0 fully saturated rings. The van der Waals surface area contributed by atoms with Gasteiger partial charge in [0.2, 0.25) is 5.91 Å². The summed E-state index contributed by atoms with van der Waals surface area (Å²) in [5.41, 5.74) is 2.29. The molecule has 1 aromatic heterocycles. The highest BCUT2D eigenvalue weighted by Gasteiger charge is 2.26. The highest BCUT2D eigenvalue weighted by atomic mass is 35.5. The predicted molar refractivity (Wildman–Crippen MR) is 88.2 cm³/mol. The van der Waals surface area contributed by atoms with Crippen molar-refractivity contribution in [3.63, 3.8) is 0 Å². The van der Waals surface area contributed by atoms with E-state index in [1.807, 2.05) is 0 Å². The summed E-state index contributed by atoms with van der Waals surface area (Å²) in [6.45, 7) is 0.289. The average molecular weight is 350 g/mol. The first-order chi connectivity index (χ1) is 11.4. The first kappa shape index (κ1) is 16.6. The van der Waals surface area contributed by atoms with Gasteiger partial charge in [0.25, 0.3) is 5.56 Å². The predicted octanol–water partition coefficient (Wildman–Crippen LogP) is 1.99. The zero-order chi connectivity index (χ0) is 17.3. The lowest BCUT2D eigenvalue weighted by molar-refractivity contribution is -0.125. The Hall–Kier alpha value is -2.21. The van der Waals surface area contributed by atoms with Gasteiger partial charge in [-0.05, 0) is 42.5 Å². The number of hydrogen-bond donors (Lipinski definition) is 1. The van der Waals surface area contributed by atoms with E-state index in [4.69, 9.17) is 11.6 Å². The van der Waals surface area contributed by atoms with E-state index in [9.17, 15) is 14.0 Å². The lowest BCUT2D eigenvalue weighted by Crippen LogP contribution is -2.35. The van der Waals surface area contributed by atoms with Gasteiger partial charge in [-0.25, -0.2) is 9.07 Å². The lowest BCUT2D eigenvalue weighted by Gasteiger charge is -2.23. The van der Waals surface area contributed by atoms with Gasteiger partial charge in [-0.2, -0.15) is 5.10 Å². The van der Waals surface area contributed by atoms with Crippen molar-refractivity contribution in [3.05, 3.63) is 62.3 Å². The molecule has 0 aliphatic heterocycles. The molecule has 1 aliphatic rings. The summed E-state index contributed by atoms with van der Waals surface area (Å²) in [5, 5.41) is 7.13. The molecule has 1 aromatic carbocycles. The van der Waals surface area contributed by atoms with Gasteiger partial charge in [0.05, 0.1) is 10.7 Å². The van der Waals surface area contributed by atoms with E-state index < -0.39 is 5.82 Å². The number of benzene rings is 1. The van der Waals surface area contributed by atoms with E-state index in [0.29, 0.717) is 19.3 Å². The maximum atomic E-state index is 13.1. The molecule has 3 rings (SSSR count). The van der Waals surface area contributed by atoms with Crippen LogP contribution in [0.15, 0.2) is 29.1 Å². The van der Waals surface area contributed by atoms with Crippen molar-refractivity contribution < 1.29 is 9.18 Å². The zero-order valence-electron chi connectivity index (χ0n) is 13.2. The van der Waals surface area contributed by atoms with Gasteiger partial charge in [-0.15, -0.1) is 0 Å². The molecule has 1 atom stereocenters. The van der Waals surface area contributed by atoms with Gasteiger partial charge in [0.15, 0.2) is 0 Å². The fourth-order valence-electron chi connectivity index (χ4n) is 2.89. The SMILES string of the molecule is Cn1nc2c(cc1=O)CC(C(=O)NCc1ccc(F)c(Cl)c1)CC2. The Labute approximate surface area is 143 Å². The Kier molecular flexibility index (Phi) is 4.66. The maximum absolute atomic E-state index is 13.1. The number of hydrogen-bond acceptors (Lipinski definition) is 3. The number of nitrogens with zero attached hydrogens (tertiary/aromatic N) is 2. The second-order valence-corrected chi connectivity index (χ2v) is 6.39. The molecule has 126 valence electrons.